The van der Waals surface area contributed by atoms with Gasteiger partial charge in [0.25, 0.3) is 0 Å². The number of rotatable bonds is 0. The van der Waals surface area contributed by atoms with Crippen LogP contribution in [0.4, 0.5) is 13.2 Å². The van der Waals surface area contributed by atoms with Crippen molar-refractivity contribution in [2.24, 2.45) is 5.92 Å². The molecule has 8 heteroatoms. The third-order valence-electron chi connectivity index (χ3n) is 4.49. The van der Waals surface area contributed by atoms with E-state index in [0.717, 1.165) is 25.2 Å². The smallest absolute Gasteiger partial charge is 0.338 e. The van der Waals surface area contributed by atoms with Crippen LogP contribution in [0.15, 0.2) is 12.1 Å². The molecular weight excluding hydrogens is 326 g/mol. The first-order valence-electron chi connectivity index (χ1n) is 6.68. The van der Waals surface area contributed by atoms with Crippen molar-refractivity contribution in [1.82, 2.24) is 15.2 Å². The quantitative estimate of drug-likeness (QED) is 0.757. The van der Waals surface area contributed by atoms with E-state index in [-0.39, 0.29) is 36.3 Å². The first-order chi connectivity index (χ1) is 8.95. The molecule has 3 rings (SSSR count). The van der Waals surface area contributed by atoms with Crippen molar-refractivity contribution in [1.29, 1.82) is 0 Å². The lowest BCUT2D eigenvalue weighted by atomic mass is 9.76. The summed E-state index contributed by atoms with van der Waals surface area (Å²) in [7, 11) is 0. The molecule has 2 atom stereocenters. The van der Waals surface area contributed by atoms with Crippen LogP contribution in [0.3, 0.4) is 0 Å². The molecule has 0 bridgehead atoms. The number of fused-ring (bicyclic) bond motifs is 2. The molecular formula is C13H20Cl2F3N3. The molecule has 2 aliphatic heterocycles. The van der Waals surface area contributed by atoms with Crippen molar-refractivity contribution in [3.8, 4) is 0 Å². The van der Waals surface area contributed by atoms with Crippen molar-refractivity contribution < 1.29 is 13.2 Å². The van der Waals surface area contributed by atoms with Gasteiger partial charge in [-0.1, -0.05) is 6.92 Å². The van der Waals surface area contributed by atoms with E-state index in [0.29, 0.717) is 13.1 Å². The third kappa shape index (κ3) is 2.91. The lowest BCUT2D eigenvalue weighted by molar-refractivity contribution is -0.144. The first kappa shape index (κ1) is 18.6. The van der Waals surface area contributed by atoms with Crippen LogP contribution >= 0.6 is 24.8 Å². The van der Waals surface area contributed by atoms with Crippen LogP contribution in [0.25, 0.3) is 0 Å². The van der Waals surface area contributed by atoms with Crippen LogP contribution in [-0.2, 0) is 18.3 Å². The summed E-state index contributed by atoms with van der Waals surface area (Å²) in [5.41, 5.74) is -0.0401. The Morgan fingerprint density at radius 1 is 1.24 bits per heavy atom. The number of halogens is 5. The summed E-state index contributed by atoms with van der Waals surface area (Å²) in [5, 5.41) is 6.78. The highest BCUT2D eigenvalue weighted by molar-refractivity contribution is 5.85. The predicted octanol–water partition coefficient (Wildman–Crippen LogP) is 2.78. The monoisotopic (exact) mass is 345 g/mol. The summed E-state index contributed by atoms with van der Waals surface area (Å²) in [6.07, 6.45) is -3.44. The maximum Gasteiger partial charge on any atom is 0.431 e. The minimum absolute atomic E-state index is 0. The molecule has 0 saturated carbocycles. The Balaban J connectivity index is 0.00000110. The van der Waals surface area contributed by atoms with Crippen LogP contribution in [0, 0.1) is 5.92 Å². The van der Waals surface area contributed by atoms with E-state index in [1.165, 1.54) is 10.6 Å². The summed E-state index contributed by atoms with van der Waals surface area (Å²) in [4.78, 5) is 0. The molecule has 0 radical (unpaired) electrons. The molecule has 3 heterocycles. The van der Waals surface area contributed by atoms with E-state index in [1.807, 2.05) is 0 Å². The molecule has 1 aromatic rings. The molecule has 2 aliphatic rings. The fourth-order valence-electron chi connectivity index (χ4n) is 3.49. The van der Waals surface area contributed by atoms with E-state index in [9.17, 15) is 13.2 Å². The molecule has 1 aromatic heterocycles. The predicted molar refractivity (Wildman–Crippen MR) is 80.3 cm³/mol. The van der Waals surface area contributed by atoms with E-state index < -0.39 is 11.9 Å². The van der Waals surface area contributed by atoms with Crippen molar-refractivity contribution >= 4 is 24.8 Å². The Hall–Kier alpha value is -0.430. The van der Waals surface area contributed by atoms with Gasteiger partial charge in [0.05, 0.1) is 5.54 Å². The molecule has 1 spiro atoms. The Bertz CT molecular complexity index is 489. The summed E-state index contributed by atoms with van der Waals surface area (Å²) in [5.74, 6) is 0.274. The third-order valence-corrected chi connectivity index (χ3v) is 4.49. The number of alkyl halides is 3. The number of aromatic nitrogens is 1. The second-order valence-electron chi connectivity index (χ2n) is 5.51. The number of nitrogens with one attached hydrogen (secondary N) is 2. The van der Waals surface area contributed by atoms with Crippen molar-refractivity contribution in [2.45, 2.75) is 31.6 Å². The zero-order valence-electron chi connectivity index (χ0n) is 11.7. The van der Waals surface area contributed by atoms with Crippen LogP contribution in [0.1, 0.15) is 24.7 Å². The van der Waals surface area contributed by atoms with Gasteiger partial charge in [0, 0.05) is 18.8 Å². The lowest BCUT2D eigenvalue weighted by Gasteiger charge is -2.47. The van der Waals surface area contributed by atoms with Crippen LogP contribution in [0.5, 0.6) is 0 Å². The van der Waals surface area contributed by atoms with Crippen LogP contribution in [0.2, 0.25) is 0 Å². The number of piperidine rings is 1. The molecule has 122 valence electrons. The van der Waals surface area contributed by atoms with Gasteiger partial charge in [-0.05, 0) is 37.6 Å². The molecule has 0 aromatic carbocycles. The highest BCUT2D eigenvalue weighted by Gasteiger charge is 2.46. The van der Waals surface area contributed by atoms with Gasteiger partial charge in [0.1, 0.15) is 5.69 Å². The van der Waals surface area contributed by atoms with Gasteiger partial charge >= 0.3 is 6.18 Å². The van der Waals surface area contributed by atoms with Crippen LogP contribution in [-0.4, -0.2) is 24.2 Å². The fourth-order valence-corrected chi connectivity index (χ4v) is 3.49. The van der Waals surface area contributed by atoms with Gasteiger partial charge in [-0.25, -0.2) is 0 Å². The van der Waals surface area contributed by atoms with E-state index in [4.69, 9.17) is 0 Å². The Morgan fingerprint density at radius 2 is 1.95 bits per heavy atom. The largest absolute Gasteiger partial charge is 0.431 e. The Labute approximate surface area is 134 Å². The number of hydrogen-bond acceptors (Lipinski definition) is 2. The zero-order valence-corrected chi connectivity index (χ0v) is 13.3. The second kappa shape index (κ2) is 6.36. The van der Waals surface area contributed by atoms with Crippen molar-refractivity contribution in [3.63, 3.8) is 0 Å². The number of hydrogen-bond donors (Lipinski definition) is 2. The molecule has 3 nitrogen and oxygen atoms in total. The van der Waals surface area contributed by atoms with E-state index in [2.05, 4.69) is 17.6 Å². The van der Waals surface area contributed by atoms with Crippen LogP contribution < -0.4 is 10.6 Å². The minimum atomic E-state index is -4.27. The second-order valence-corrected chi connectivity index (χ2v) is 5.51. The van der Waals surface area contributed by atoms with Crippen molar-refractivity contribution in [2.75, 3.05) is 19.6 Å². The topological polar surface area (TPSA) is 29.0 Å². The van der Waals surface area contributed by atoms with Gasteiger partial charge in [-0.15, -0.1) is 24.8 Å². The van der Waals surface area contributed by atoms with E-state index >= 15 is 0 Å². The molecule has 1 fully saturated rings. The SMILES string of the molecule is CC1CNCCC12NCCn1c(C(F)(F)F)ccc12.Cl.Cl. The standard InChI is InChI=1S/C13H18F3N3.2ClH/c1-9-8-17-5-4-12(9)10-2-3-11(13(14,15)16)19(10)7-6-18-12;;/h2-3,9,17-18H,4-8H2,1H3;2*1H. The van der Waals surface area contributed by atoms with Crippen molar-refractivity contribution in [3.05, 3.63) is 23.5 Å². The fraction of sp³-hybridized carbons (Fsp3) is 0.692. The van der Waals surface area contributed by atoms with Gasteiger partial charge in [-0.2, -0.15) is 13.2 Å². The summed E-state index contributed by atoms with van der Waals surface area (Å²) < 4.78 is 40.5. The van der Waals surface area contributed by atoms with Gasteiger partial charge in [-0.3, -0.25) is 0 Å². The summed E-state index contributed by atoms with van der Waals surface area (Å²) in [6.45, 7) is 4.74. The first-order valence-corrected chi connectivity index (χ1v) is 6.68. The normalized spacial score (nSPS) is 28.5. The Kier molecular flexibility index (Phi) is 5.64. The average Bonchev–Trinajstić information content (AvgIpc) is 2.78. The lowest BCUT2D eigenvalue weighted by Crippen LogP contribution is -2.59. The molecule has 2 unspecified atom stereocenters. The average molecular weight is 346 g/mol. The van der Waals surface area contributed by atoms with Gasteiger partial charge < -0.3 is 15.2 Å². The van der Waals surface area contributed by atoms with Gasteiger partial charge in [0.15, 0.2) is 0 Å². The molecule has 0 aliphatic carbocycles. The maximum absolute atomic E-state index is 13.0. The highest BCUT2D eigenvalue weighted by atomic mass is 35.5. The molecule has 21 heavy (non-hydrogen) atoms. The Morgan fingerprint density at radius 3 is 2.57 bits per heavy atom. The van der Waals surface area contributed by atoms with E-state index in [1.54, 1.807) is 6.07 Å². The number of nitrogens with zero attached hydrogens (tertiary/aromatic N) is 1. The minimum Gasteiger partial charge on any atom is -0.338 e. The molecule has 0 amide bonds. The maximum atomic E-state index is 13.0. The molecule has 2 N–H and O–H groups in total. The molecule has 1 saturated heterocycles. The summed E-state index contributed by atoms with van der Waals surface area (Å²) >= 11 is 0. The van der Waals surface area contributed by atoms with Gasteiger partial charge in [0.2, 0.25) is 0 Å². The zero-order chi connectivity index (χ0) is 13.7. The summed E-state index contributed by atoms with van der Waals surface area (Å²) in [6, 6.07) is 2.87. The highest BCUT2D eigenvalue weighted by Crippen LogP contribution is 2.41.